The summed E-state index contributed by atoms with van der Waals surface area (Å²) in [5.74, 6) is 1.79. The van der Waals surface area contributed by atoms with Crippen LogP contribution in [0.4, 0.5) is 0 Å². The minimum Gasteiger partial charge on any atom is -0.313 e. The second kappa shape index (κ2) is 7.79. The molecule has 2 rings (SSSR count). The van der Waals surface area contributed by atoms with E-state index in [2.05, 4.69) is 37.9 Å². The molecule has 0 aromatic carbocycles. The van der Waals surface area contributed by atoms with Crippen LogP contribution in [0.5, 0.6) is 0 Å². The van der Waals surface area contributed by atoms with Crippen LogP contribution in [0.2, 0.25) is 0 Å². The van der Waals surface area contributed by atoms with Crippen LogP contribution in [0, 0.1) is 11.8 Å². The Morgan fingerprint density at radius 3 is 2.60 bits per heavy atom. The van der Waals surface area contributed by atoms with Crippen molar-refractivity contribution >= 4 is 0 Å². The summed E-state index contributed by atoms with van der Waals surface area (Å²) >= 11 is 0. The minimum atomic E-state index is 0.743. The molecule has 4 unspecified atom stereocenters. The summed E-state index contributed by atoms with van der Waals surface area (Å²) in [5, 5.41) is 3.79. The van der Waals surface area contributed by atoms with Gasteiger partial charge in [-0.25, -0.2) is 0 Å². The summed E-state index contributed by atoms with van der Waals surface area (Å²) in [6.45, 7) is 11.9. The van der Waals surface area contributed by atoms with E-state index in [9.17, 15) is 0 Å². The highest BCUT2D eigenvalue weighted by Gasteiger charge is 2.39. The summed E-state index contributed by atoms with van der Waals surface area (Å²) in [4.78, 5) is 2.89. The van der Waals surface area contributed by atoms with E-state index < -0.39 is 0 Å². The molecule has 0 aromatic rings. The molecule has 1 saturated carbocycles. The summed E-state index contributed by atoms with van der Waals surface area (Å²) < 4.78 is 0. The van der Waals surface area contributed by atoms with Crippen LogP contribution < -0.4 is 5.32 Å². The average Bonchev–Trinajstić information content (AvgIpc) is 2.90. The minimum absolute atomic E-state index is 0.743. The van der Waals surface area contributed by atoms with Gasteiger partial charge in [0.2, 0.25) is 0 Å². The Labute approximate surface area is 126 Å². The van der Waals surface area contributed by atoms with E-state index in [4.69, 9.17) is 0 Å². The van der Waals surface area contributed by atoms with Gasteiger partial charge in [-0.2, -0.15) is 0 Å². The van der Waals surface area contributed by atoms with Crippen molar-refractivity contribution in [2.24, 2.45) is 11.8 Å². The largest absolute Gasteiger partial charge is 0.313 e. The zero-order valence-corrected chi connectivity index (χ0v) is 14.2. The molecular weight excluding hydrogens is 244 g/mol. The van der Waals surface area contributed by atoms with Gasteiger partial charge in [-0.05, 0) is 57.0 Å². The number of hydrogen-bond donors (Lipinski definition) is 1. The molecule has 4 atom stereocenters. The monoisotopic (exact) mass is 280 g/mol. The molecule has 1 heterocycles. The van der Waals surface area contributed by atoms with Crippen LogP contribution in [0.1, 0.15) is 72.6 Å². The number of likely N-dealkylation sites (tertiary alicyclic amines) is 1. The lowest BCUT2D eigenvalue weighted by atomic mass is 9.79. The highest BCUT2D eigenvalue weighted by atomic mass is 15.2. The smallest absolute Gasteiger partial charge is 0.0255 e. The highest BCUT2D eigenvalue weighted by molar-refractivity contribution is 4.96. The van der Waals surface area contributed by atoms with E-state index in [-0.39, 0.29) is 0 Å². The Hall–Kier alpha value is -0.0800. The van der Waals surface area contributed by atoms with Crippen LogP contribution in [-0.4, -0.2) is 36.1 Å². The maximum atomic E-state index is 3.79. The van der Waals surface area contributed by atoms with E-state index in [1.807, 2.05) is 0 Å². The predicted molar refractivity (Wildman–Crippen MR) is 88.1 cm³/mol. The number of likely N-dealkylation sites (N-methyl/N-ethyl adjacent to an activating group) is 1. The van der Waals surface area contributed by atoms with Gasteiger partial charge in [0.15, 0.2) is 0 Å². The van der Waals surface area contributed by atoms with E-state index in [1.54, 1.807) is 0 Å². The standard InChI is InChI=1S/C18H36N2/c1-5-8-15-10-11-16(19-6-2)18(13-15)20-12-7-9-17(20)14(3)4/h14-19H,5-13H2,1-4H3. The van der Waals surface area contributed by atoms with Crippen LogP contribution in [0.25, 0.3) is 0 Å². The van der Waals surface area contributed by atoms with Gasteiger partial charge >= 0.3 is 0 Å². The summed E-state index contributed by atoms with van der Waals surface area (Å²) in [7, 11) is 0. The van der Waals surface area contributed by atoms with Crippen molar-refractivity contribution in [2.75, 3.05) is 13.1 Å². The SMILES string of the molecule is CCCC1CCC(NCC)C(N2CCCC2C(C)C)C1. The van der Waals surface area contributed by atoms with Gasteiger partial charge < -0.3 is 5.32 Å². The molecule has 20 heavy (non-hydrogen) atoms. The van der Waals surface area contributed by atoms with Crippen molar-refractivity contribution in [1.29, 1.82) is 0 Å². The molecule has 2 nitrogen and oxygen atoms in total. The average molecular weight is 281 g/mol. The van der Waals surface area contributed by atoms with Crippen LogP contribution in [0.3, 0.4) is 0 Å². The van der Waals surface area contributed by atoms with Crippen LogP contribution in [-0.2, 0) is 0 Å². The number of nitrogens with zero attached hydrogens (tertiary/aromatic N) is 1. The Morgan fingerprint density at radius 1 is 1.15 bits per heavy atom. The van der Waals surface area contributed by atoms with Gasteiger partial charge in [-0.3, -0.25) is 4.90 Å². The molecule has 0 aromatic heterocycles. The Morgan fingerprint density at radius 2 is 1.95 bits per heavy atom. The van der Waals surface area contributed by atoms with Crippen LogP contribution in [0.15, 0.2) is 0 Å². The number of hydrogen-bond acceptors (Lipinski definition) is 2. The molecule has 1 saturated heterocycles. The third-order valence-electron chi connectivity index (χ3n) is 5.63. The second-order valence-electron chi connectivity index (χ2n) is 7.39. The molecule has 1 N–H and O–H groups in total. The van der Waals surface area contributed by atoms with Crippen molar-refractivity contribution in [2.45, 2.75) is 90.8 Å². The number of rotatable bonds is 6. The Kier molecular flexibility index (Phi) is 6.35. The first kappa shape index (κ1) is 16.3. The summed E-state index contributed by atoms with van der Waals surface area (Å²) in [6, 6.07) is 2.38. The van der Waals surface area contributed by atoms with E-state index >= 15 is 0 Å². The maximum absolute atomic E-state index is 3.79. The normalized spacial score (nSPS) is 35.9. The third-order valence-corrected chi connectivity index (χ3v) is 5.63. The summed E-state index contributed by atoms with van der Waals surface area (Å²) in [6.07, 6.45) is 9.91. The van der Waals surface area contributed by atoms with Gasteiger partial charge in [-0.1, -0.05) is 40.5 Å². The fourth-order valence-electron chi connectivity index (χ4n) is 4.71. The quantitative estimate of drug-likeness (QED) is 0.789. The molecule has 0 radical (unpaired) electrons. The molecule has 2 heteroatoms. The molecule has 2 fully saturated rings. The first-order chi connectivity index (χ1) is 9.67. The van der Waals surface area contributed by atoms with Crippen molar-refractivity contribution < 1.29 is 0 Å². The summed E-state index contributed by atoms with van der Waals surface area (Å²) in [5.41, 5.74) is 0. The van der Waals surface area contributed by atoms with Crippen molar-refractivity contribution in [3.05, 3.63) is 0 Å². The fourth-order valence-corrected chi connectivity index (χ4v) is 4.71. The van der Waals surface area contributed by atoms with Gasteiger partial charge in [0.1, 0.15) is 0 Å². The molecule has 118 valence electrons. The van der Waals surface area contributed by atoms with Gasteiger partial charge in [0.25, 0.3) is 0 Å². The molecule has 1 aliphatic carbocycles. The topological polar surface area (TPSA) is 15.3 Å². The van der Waals surface area contributed by atoms with Crippen molar-refractivity contribution in [1.82, 2.24) is 10.2 Å². The lowest BCUT2D eigenvalue weighted by Gasteiger charge is -2.45. The Bertz CT molecular complexity index is 277. The first-order valence-corrected chi connectivity index (χ1v) is 9.16. The highest BCUT2D eigenvalue weighted by Crippen LogP contribution is 2.36. The first-order valence-electron chi connectivity index (χ1n) is 9.16. The van der Waals surface area contributed by atoms with Gasteiger partial charge in [0, 0.05) is 18.1 Å². The zero-order valence-electron chi connectivity index (χ0n) is 14.2. The lowest BCUT2D eigenvalue weighted by molar-refractivity contribution is 0.0681. The van der Waals surface area contributed by atoms with Crippen LogP contribution >= 0.6 is 0 Å². The maximum Gasteiger partial charge on any atom is 0.0255 e. The van der Waals surface area contributed by atoms with Gasteiger partial charge in [-0.15, -0.1) is 0 Å². The lowest BCUT2D eigenvalue weighted by Crippen LogP contribution is -2.55. The molecule has 2 aliphatic rings. The fraction of sp³-hybridized carbons (Fsp3) is 1.00. The molecule has 0 amide bonds. The molecule has 0 spiro atoms. The third kappa shape index (κ3) is 3.76. The zero-order chi connectivity index (χ0) is 14.5. The second-order valence-corrected chi connectivity index (χ2v) is 7.39. The van der Waals surface area contributed by atoms with Gasteiger partial charge in [0.05, 0.1) is 0 Å². The van der Waals surface area contributed by atoms with Crippen molar-refractivity contribution in [3.63, 3.8) is 0 Å². The van der Waals surface area contributed by atoms with E-state index in [0.29, 0.717) is 0 Å². The van der Waals surface area contributed by atoms with Crippen molar-refractivity contribution in [3.8, 4) is 0 Å². The van der Waals surface area contributed by atoms with E-state index in [0.717, 1.165) is 36.5 Å². The Balaban J connectivity index is 2.05. The molecular formula is C18H36N2. The molecule has 0 bridgehead atoms. The molecule has 1 aliphatic heterocycles. The number of nitrogens with one attached hydrogen (secondary N) is 1. The van der Waals surface area contributed by atoms with E-state index in [1.165, 1.54) is 51.5 Å². The predicted octanol–water partition coefficient (Wildman–Crippen LogP) is 4.05.